The van der Waals surface area contributed by atoms with Crippen molar-refractivity contribution < 1.29 is 4.74 Å². The van der Waals surface area contributed by atoms with Gasteiger partial charge in [-0.05, 0) is 29.2 Å². The zero-order valence-corrected chi connectivity index (χ0v) is 21.1. The van der Waals surface area contributed by atoms with Crippen LogP contribution < -0.4 is 5.84 Å². The van der Waals surface area contributed by atoms with Gasteiger partial charge in [-0.2, -0.15) is 5.10 Å². The predicted molar refractivity (Wildman–Crippen MR) is 147 cm³/mol. The molecule has 186 valence electrons. The monoisotopic (exact) mass is 480 g/mol. The number of hydrazone groups is 1. The van der Waals surface area contributed by atoms with E-state index < -0.39 is 0 Å². The molecule has 0 saturated carbocycles. The van der Waals surface area contributed by atoms with Gasteiger partial charge in [-0.15, -0.1) is 0 Å². The zero-order valence-electron chi connectivity index (χ0n) is 21.1. The van der Waals surface area contributed by atoms with Crippen LogP contribution in [-0.4, -0.2) is 48.3 Å². The van der Waals surface area contributed by atoms with E-state index >= 15 is 0 Å². The third kappa shape index (κ3) is 5.97. The molecule has 1 heterocycles. The Balaban J connectivity index is 1.34. The first-order valence-corrected chi connectivity index (χ1v) is 12.9. The molecule has 36 heavy (non-hydrogen) atoms. The number of fused-ring (bicyclic) bond motifs is 1. The number of hydrogen-bond donors (Lipinski definition) is 1. The lowest BCUT2D eigenvalue weighted by Gasteiger charge is -2.37. The third-order valence-electron chi connectivity index (χ3n) is 7.21. The summed E-state index contributed by atoms with van der Waals surface area (Å²) in [6.07, 6.45) is 4.51. The molecule has 0 aromatic heterocycles. The Labute approximate surface area is 214 Å². The fourth-order valence-corrected chi connectivity index (χ4v) is 5.39. The molecule has 0 amide bonds. The summed E-state index contributed by atoms with van der Waals surface area (Å²) in [5.41, 5.74) is 7.70. The topological polar surface area (TPSA) is 54.1 Å². The highest BCUT2D eigenvalue weighted by Gasteiger charge is 2.27. The van der Waals surface area contributed by atoms with Gasteiger partial charge in [-0.1, -0.05) is 84.4 Å². The summed E-state index contributed by atoms with van der Waals surface area (Å²) in [6.45, 7) is 6.95. The van der Waals surface area contributed by atoms with Gasteiger partial charge in [0.1, 0.15) is 11.9 Å². The van der Waals surface area contributed by atoms with E-state index in [-0.39, 0.29) is 6.10 Å². The second kappa shape index (κ2) is 11.4. The smallest absolute Gasteiger partial charge is 0.126 e. The van der Waals surface area contributed by atoms with Crippen LogP contribution in [0.25, 0.3) is 0 Å². The Kier molecular flexibility index (Phi) is 7.67. The standard InChI is InChI=1S/C31H36N4O/c1-24-8-7-11-26(18-24)23-34-14-16-35(17-15-34)30(22-33-32)31(19-25-9-3-2-4-10-25)36-29-20-27-12-5-6-13-28(27)21-29/h2-13,18,22,29H,14-17,19-21,23,32H2,1H3/b31-30-,33-22-. The van der Waals surface area contributed by atoms with Crippen LogP contribution in [0, 0.1) is 6.92 Å². The van der Waals surface area contributed by atoms with E-state index in [0.717, 1.165) is 63.4 Å². The van der Waals surface area contributed by atoms with Crippen molar-refractivity contribution in [1.29, 1.82) is 0 Å². The third-order valence-corrected chi connectivity index (χ3v) is 7.21. The van der Waals surface area contributed by atoms with Crippen LogP contribution in [0.2, 0.25) is 0 Å². The first kappa shape index (κ1) is 24.1. The molecule has 0 bridgehead atoms. The number of nitrogens with two attached hydrogens (primary N) is 1. The fourth-order valence-electron chi connectivity index (χ4n) is 5.39. The number of aryl methyl sites for hydroxylation is 1. The molecule has 5 heteroatoms. The van der Waals surface area contributed by atoms with E-state index in [4.69, 9.17) is 10.6 Å². The van der Waals surface area contributed by atoms with Gasteiger partial charge in [0.05, 0.1) is 11.9 Å². The molecule has 1 fully saturated rings. The second-order valence-corrected chi connectivity index (χ2v) is 9.92. The van der Waals surface area contributed by atoms with E-state index in [2.05, 4.69) is 101 Å². The first-order chi connectivity index (χ1) is 17.7. The lowest BCUT2D eigenvalue weighted by atomic mass is 10.1. The molecule has 1 aliphatic carbocycles. The van der Waals surface area contributed by atoms with Crippen molar-refractivity contribution in [2.75, 3.05) is 26.2 Å². The molecular weight excluding hydrogens is 444 g/mol. The van der Waals surface area contributed by atoms with Crippen LogP contribution >= 0.6 is 0 Å². The van der Waals surface area contributed by atoms with Crippen LogP contribution in [0.5, 0.6) is 0 Å². The second-order valence-electron chi connectivity index (χ2n) is 9.92. The molecule has 0 radical (unpaired) electrons. The average molecular weight is 481 g/mol. The Bertz CT molecular complexity index is 1190. The number of ether oxygens (including phenoxy) is 1. The summed E-state index contributed by atoms with van der Waals surface area (Å²) >= 11 is 0. The van der Waals surface area contributed by atoms with Gasteiger partial charge in [-0.25, -0.2) is 0 Å². The minimum atomic E-state index is 0.130. The van der Waals surface area contributed by atoms with Gasteiger partial charge in [0.2, 0.25) is 0 Å². The quantitative estimate of drug-likeness (QED) is 0.220. The zero-order chi connectivity index (χ0) is 24.7. The highest BCUT2D eigenvalue weighted by Crippen LogP contribution is 2.28. The lowest BCUT2D eigenvalue weighted by Crippen LogP contribution is -2.46. The molecule has 5 nitrogen and oxygen atoms in total. The van der Waals surface area contributed by atoms with Crippen LogP contribution in [0.4, 0.5) is 0 Å². The molecule has 2 aliphatic rings. The van der Waals surface area contributed by atoms with Gasteiger partial charge in [0.15, 0.2) is 0 Å². The Morgan fingerprint density at radius 2 is 1.56 bits per heavy atom. The van der Waals surface area contributed by atoms with Crippen molar-refractivity contribution in [3.63, 3.8) is 0 Å². The van der Waals surface area contributed by atoms with Crippen molar-refractivity contribution in [2.45, 2.75) is 38.8 Å². The Hall–Kier alpha value is -3.57. The fraction of sp³-hybridized carbons (Fsp3) is 0.323. The summed E-state index contributed by atoms with van der Waals surface area (Å²) in [5, 5.41) is 3.97. The van der Waals surface area contributed by atoms with E-state index in [1.54, 1.807) is 6.21 Å². The SMILES string of the molecule is Cc1cccc(CN2CCN(C(/C=N\N)=C(/Cc3ccccc3)OC3Cc4ccccc4C3)CC2)c1. The maximum Gasteiger partial charge on any atom is 0.126 e. The van der Waals surface area contributed by atoms with Crippen molar-refractivity contribution in [2.24, 2.45) is 10.9 Å². The normalized spacial score (nSPS) is 17.3. The molecule has 0 atom stereocenters. The van der Waals surface area contributed by atoms with Crippen LogP contribution in [0.3, 0.4) is 0 Å². The minimum absolute atomic E-state index is 0.130. The summed E-state index contributed by atoms with van der Waals surface area (Å²) in [6, 6.07) is 28.0. The minimum Gasteiger partial charge on any atom is -0.492 e. The molecule has 2 N–H and O–H groups in total. The van der Waals surface area contributed by atoms with Gasteiger partial charge in [0, 0.05) is 52.0 Å². The summed E-state index contributed by atoms with van der Waals surface area (Å²) in [5.74, 6) is 6.69. The molecular formula is C31H36N4O. The lowest BCUT2D eigenvalue weighted by molar-refractivity contribution is 0.104. The summed E-state index contributed by atoms with van der Waals surface area (Å²) < 4.78 is 6.78. The molecule has 0 spiro atoms. The number of rotatable bonds is 8. The van der Waals surface area contributed by atoms with E-state index in [1.807, 2.05) is 0 Å². The molecule has 3 aromatic rings. The highest BCUT2D eigenvalue weighted by atomic mass is 16.5. The van der Waals surface area contributed by atoms with Gasteiger partial charge < -0.3 is 15.5 Å². The number of benzene rings is 3. The van der Waals surface area contributed by atoms with Crippen LogP contribution in [0.1, 0.15) is 27.8 Å². The summed E-state index contributed by atoms with van der Waals surface area (Å²) in [4.78, 5) is 4.91. The molecule has 5 rings (SSSR count). The maximum absolute atomic E-state index is 6.78. The molecule has 1 aliphatic heterocycles. The van der Waals surface area contributed by atoms with E-state index in [1.165, 1.54) is 27.8 Å². The molecule has 0 unspecified atom stereocenters. The Morgan fingerprint density at radius 1 is 0.889 bits per heavy atom. The van der Waals surface area contributed by atoms with Gasteiger partial charge in [-0.3, -0.25) is 4.90 Å². The highest BCUT2D eigenvalue weighted by molar-refractivity contribution is 5.78. The van der Waals surface area contributed by atoms with Crippen LogP contribution in [-0.2, 0) is 30.5 Å². The van der Waals surface area contributed by atoms with Crippen LogP contribution in [0.15, 0.2) is 95.4 Å². The number of allylic oxidation sites excluding steroid dienone is 2. The molecule has 1 saturated heterocycles. The predicted octanol–water partition coefficient (Wildman–Crippen LogP) is 4.70. The van der Waals surface area contributed by atoms with Gasteiger partial charge in [0.25, 0.3) is 0 Å². The largest absolute Gasteiger partial charge is 0.492 e. The average Bonchev–Trinajstić information content (AvgIpc) is 3.31. The van der Waals surface area contributed by atoms with Crippen molar-refractivity contribution in [1.82, 2.24) is 9.80 Å². The number of nitrogens with zero attached hydrogens (tertiary/aromatic N) is 3. The molecule has 3 aromatic carbocycles. The summed E-state index contributed by atoms with van der Waals surface area (Å²) in [7, 11) is 0. The maximum atomic E-state index is 6.78. The number of hydrogen-bond acceptors (Lipinski definition) is 5. The van der Waals surface area contributed by atoms with Crippen molar-refractivity contribution in [3.8, 4) is 0 Å². The van der Waals surface area contributed by atoms with Gasteiger partial charge >= 0.3 is 0 Å². The van der Waals surface area contributed by atoms with Crippen molar-refractivity contribution in [3.05, 3.63) is 118 Å². The first-order valence-electron chi connectivity index (χ1n) is 12.9. The van der Waals surface area contributed by atoms with E-state index in [0.29, 0.717) is 0 Å². The number of piperazine rings is 1. The Morgan fingerprint density at radius 3 is 2.22 bits per heavy atom. The van der Waals surface area contributed by atoms with E-state index in [9.17, 15) is 0 Å². The van der Waals surface area contributed by atoms with Crippen molar-refractivity contribution >= 4 is 6.21 Å².